The van der Waals surface area contributed by atoms with E-state index >= 15 is 0 Å². The van der Waals surface area contributed by atoms with Gasteiger partial charge >= 0.3 is 0 Å². The first-order chi connectivity index (χ1) is 16.9. The molecule has 0 saturated carbocycles. The first kappa shape index (κ1) is 26.2. The summed E-state index contributed by atoms with van der Waals surface area (Å²) in [5.41, 5.74) is 1.73. The lowest BCUT2D eigenvalue weighted by molar-refractivity contribution is -0.143. The third-order valence-electron chi connectivity index (χ3n) is 5.73. The zero-order valence-corrected chi connectivity index (χ0v) is 20.7. The smallest absolute Gasteiger partial charge is 0.261 e. The number of ether oxygens (including phenoxy) is 1. The molecule has 184 valence electrons. The molecule has 0 aliphatic carbocycles. The number of hydrogen-bond acceptors (Lipinski definition) is 3. The van der Waals surface area contributed by atoms with E-state index in [9.17, 15) is 14.0 Å². The van der Waals surface area contributed by atoms with Crippen molar-refractivity contribution in [3.05, 3.63) is 101 Å². The van der Waals surface area contributed by atoms with Crippen molar-refractivity contribution in [2.75, 3.05) is 6.61 Å². The van der Waals surface area contributed by atoms with Gasteiger partial charge in [-0.1, -0.05) is 73.1 Å². The first-order valence-corrected chi connectivity index (χ1v) is 12.0. The zero-order chi connectivity index (χ0) is 25.2. The van der Waals surface area contributed by atoms with Gasteiger partial charge in [-0.3, -0.25) is 9.59 Å². The fraction of sp³-hybridized carbons (Fsp3) is 0.286. The van der Waals surface area contributed by atoms with Gasteiger partial charge in [0.15, 0.2) is 18.2 Å². The van der Waals surface area contributed by atoms with Gasteiger partial charge in [0.1, 0.15) is 6.04 Å². The van der Waals surface area contributed by atoms with Crippen molar-refractivity contribution in [3.63, 3.8) is 0 Å². The average Bonchev–Trinajstić information content (AvgIpc) is 2.87. The molecular weight excluding hydrogens is 467 g/mol. The maximum atomic E-state index is 14.1. The van der Waals surface area contributed by atoms with Gasteiger partial charge in [-0.15, -0.1) is 0 Å². The van der Waals surface area contributed by atoms with Gasteiger partial charge < -0.3 is 15.0 Å². The van der Waals surface area contributed by atoms with Crippen molar-refractivity contribution in [1.82, 2.24) is 10.2 Å². The van der Waals surface area contributed by atoms with Crippen LogP contribution in [0.25, 0.3) is 0 Å². The van der Waals surface area contributed by atoms with Crippen molar-refractivity contribution in [1.29, 1.82) is 0 Å². The van der Waals surface area contributed by atoms with Gasteiger partial charge in [-0.05, 0) is 48.7 Å². The van der Waals surface area contributed by atoms with Crippen LogP contribution in [0.3, 0.4) is 0 Å². The van der Waals surface area contributed by atoms with Gasteiger partial charge in [0.25, 0.3) is 5.91 Å². The summed E-state index contributed by atoms with van der Waals surface area (Å²) in [6.45, 7) is 3.67. The van der Waals surface area contributed by atoms with E-state index in [4.69, 9.17) is 16.3 Å². The van der Waals surface area contributed by atoms with E-state index in [0.717, 1.165) is 17.5 Å². The molecule has 3 aromatic rings. The molecule has 7 heteroatoms. The Kier molecular flexibility index (Phi) is 9.67. The van der Waals surface area contributed by atoms with Crippen molar-refractivity contribution in [2.45, 2.75) is 45.3 Å². The van der Waals surface area contributed by atoms with E-state index in [1.165, 1.54) is 17.0 Å². The highest BCUT2D eigenvalue weighted by Gasteiger charge is 2.31. The Hall–Kier alpha value is -3.38. The molecule has 0 saturated heterocycles. The number of hydrogen-bond donors (Lipinski definition) is 1. The van der Waals surface area contributed by atoms with Gasteiger partial charge in [0, 0.05) is 24.0 Å². The molecule has 3 rings (SSSR count). The van der Waals surface area contributed by atoms with Crippen LogP contribution in [-0.2, 0) is 22.6 Å². The van der Waals surface area contributed by atoms with Crippen LogP contribution < -0.4 is 10.1 Å². The first-order valence-electron chi connectivity index (χ1n) is 11.6. The highest BCUT2D eigenvalue weighted by molar-refractivity contribution is 6.30. The van der Waals surface area contributed by atoms with Crippen molar-refractivity contribution in [3.8, 4) is 5.75 Å². The quantitative estimate of drug-likeness (QED) is 0.386. The van der Waals surface area contributed by atoms with Crippen molar-refractivity contribution < 1.29 is 18.7 Å². The summed E-state index contributed by atoms with van der Waals surface area (Å²) in [7, 11) is 0. The predicted octanol–water partition coefficient (Wildman–Crippen LogP) is 5.41. The summed E-state index contributed by atoms with van der Waals surface area (Å²) < 4.78 is 19.6. The van der Waals surface area contributed by atoms with Crippen LogP contribution in [0.5, 0.6) is 5.75 Å². The highest BCUT2D eigenvalue weighted by Crippen LogP contribution is 2.19. The van der Waals surface area contributed by atoms with E-state index in [-0.39, 0.29) is 24.2 Å². The molecule has 0 radical (unpaired) electrons. The molecule has 35 heavy (non-hydrogen) atoms. The Morgan fingerprint density at radius 3 is 2.29 bits per heavy atom. The molecule has 5 nitrogen and oxygen atoms in total. The Morgan fingerprint density at radius 1 is 0.971 bits per heavy atom. The molecule has 0 unspecified atom stereocenters. The van der Waals surface area contributed by atoms with Crippen LogP contribution in [0.4, 0.5) is 4.39 Å². The van der Waals surface area contributed by atoms with Crippen LogP contribution in [0.2, 0.25) is 5.02 Å². The van der Waals surface area contributed by atoms with E-state index in [2.05, 4.69) is 5.32 Å². The van der Waals surface area contributed by atoms with E-state index in [1.807, 2.05) is 56.3 Å². The lowest BCUT2D eigenvalue weighted by Crippen LogP contribution is -2.53. The highest BCUT2D eigenvalue weighted by atomic mass is 35.5. The fourth-order valence-electron chi connectivity index (χ4n) is 3.57. The fourth-order valence-corrected chi connectivity index (χ4v) is 3.69. The van der Waals surface area contributed by atoms with E-state index in [0.29, 0.717) is 11.4 Å². The summed E-state index contributed by atoms with van der Waals surface area (Å²) in [5, 5.41) is 3.58. The second-order valence-electron chi connectivity index (χ2n) is 8.39. The lowest BCUT2D eigenvalue weighted by atomic mass is 10.0. The van der Waals surface area contributed by atoms with Crippen molar-refractivity contribution >= 4 is 23.4 Å². The number of halogens is 2. The van der Waals surface area contributed by atoms with E-state index < -0.39 is 24.4 Å². The molecule has 2 atom stereocenters. The number of para-hydroxylation sites is 1. The topological polar surface area (TPSA) is 58.6 Å². The molecule has 0 bridgehead atoms. The average molecular weight is 497 g/mol. The normalized spacial score (nSPS) is 12.5. The standard InChI is InChI=1S/C28H30ClFN2O3/c1-3-20(2)31-28(34)25(17-21-9-5-4-6-10-21)32(18-22-13-15-23(29)16-14-22)27(33)19-35-26-12-8-7-11-24(26)30/h4-16,20,25H,3,17-19H2,1-2H3,(H,31,34)/t20-,25+/m1/s1. The summed E-state index contributed by atoms with van der Waals surface area (Å²) in [4.78, 5) is 28.4. The Balaban J connectivity index is 1.91. The van der Waals surface area contributed by atoms with Gasteiger partial charge in [0.05, 0.1) is 0 Å². The minimum absolute atomic E-state index is 0.0176. The van der Waals surface area contributed by atoms with Crippen molar-refractivity contribution in [2.24, 2.45) is 0 Å². The number of carbonyl (C=O) groups excluding carboxylic acids is 2. The Bertz CT molecular complexity index is 1110. The number of nitrogens with zero attached hydrogens (tertiary/aromatic N) is 1. The number of amides is 2. The molecule has 0 heterocycles. The molecule has 0 aliphatic heterocycles. The van der Waals surface area contributed by atoms with Gasteiger partial charge in [0.2, 0.25) is 5.91 Å². The van der Waals surface area contributed by atoms with Crippen LogP contribution >= 0.6 is 11.6 Å². The number of nitrogens with one attached hydrogen (secondary N) is 1. The molecular formula is C28H30ClFN2O3. The third-order valence-corrected chi connectivity index (χ3v) is 5.98. The van der Waals surface area contributed by atoms with Crippen LogP contribution in [0.1, 0.15) is 31.4 Å². The SMILES string of the molecule is CC[C@@H](C)NC(=O)[C@H](Cc1ccccc1)N(Cc1ccc(Cl)cc1)C(=O)COc1ccccc1F. The number of carbonyl (C=O) groups is 2. The maximum Gasteiger partial charge on any atom is 0.261 e. The monoisotopic (exact) mass is 496 g/mol. The lowest BCUT2D eigenvalue weighted by Gasteiger charge is -2.32. The van der Waals surface area contributed by atoms with Gasteiger partial charge in [-0.25, -0.2) is 4.39 Å². The zero-order valence-electron chi connectivity index (χ0n) is 19.9. The number of rotatable bonds is 11. The Morgan fingerprint density at radius 2 is 1.63 bits per heavy atom. The predicted molar refractivity (Wildman–Crippen MR) is 136 cm³/mol. The molecule has 0 fully saturated rings. The second-order valence-corrected chi connectivity index (χ2v) is 8.83. The van der Waals surface area contributed by atoms with Gasteiger partial charge in [-0.2, -0.15) is 0 Å². The largest absolute Gasteiger partial charge is 0.481 e. The molecule has 0 aliphatic rings. The third kappa shape index (κ3) is 7.82. The second kappa shape index (κ2) is 12.9. The molecule has 1 N–H and O–H groups in total. The number of benzene rings is 3. The molecule has 2 amide bonds. The molecule has 0 spiro atoms. The van der Waals surface area contributed by atoms with E-state index in [1.54, 1.807) is 24.3 Å². The summed E-state index contributed by atoms with van der Waals surface area (Å²) in [5.74, 6) is -1.25. The van der Waals surface area contributed by atoms with Crippen LogP contribution in [-0.4, -0.2) is 35.4 Å². The summed E-state index contributed by atoms with van der Waals surface area (Å²) >= 11 is 6.04. The van der Waals surface area contributed by atoms with Crippen LogP contribution in [0.15, 0.2) is 78.9 Å². The molecule has 3 aromatic carbocycles. The minimum atomic E-state index is -0.793. The maximum absolute atomic E-state index is 14.1. The molecule has 0 aromatic heterocycles. The summed E-state index contributed by atoms with van der Waals surface area (Å²) in [6.07, 6.45) is 1.08. The summed E-state index contributed by atoms with van der Waals surface area (Å²) in [6, 6.07) is 21.7. The van der Waals surface area contributed by atoms with Crippen LogP contribution in [0, 0.1) is 5.82 Å². The minimum Gasteiger partial charge on any atom is -0.481 e. The Labute approximate surface area is 210 Å².